The van der Waals surface area contributed by atoms with Crippen molar-refractivity contribution in [3.63, 3.8) is 0 Å². The van der Waals surface area contributed by atoms with Gasteiger partial charge in [0.25, 0.3) is 0 Å². The maximum atomic E-state index is 5.23. The Hall–Kier alpha value is -0.840. The van der Waals surface area contributed by atoms with Crippen LogP contribution in [0.5, 0.6) is 5.88 Å². The summed E-state index contributed by atoms with van der Waals surface area (Å²) in [4.78, 5) is 11.3. The number of hydrogen-bond donors (Lipinski definition) is 0. The van der Waals surface area contributed by atoms with Crippen molar-refractivity contribution in [2.45, 2.75) is 25.1 Å². The third-order valence-corrected chi connectivity index (χ3v) is 4.56. The summed E-state index contributed by atoms with van der Waals surface area (Å²) in [5.41, 5.74) is 1.02. The molecule has 0 bridgehead atoms. The van der Waals surface area contributed by atoms with Gasteiger partial charge in [0.2, 0.25) is 5.88 Å². The molecule has 2 atom stereocenters. The van der Waals surface area contributed by atoms with E-state index in [2.05, 4.69) is 37.7 Å². The minimum absolute atomic E-state index is 0.525. The average Bonchev–Trinajstić information content (AvgIpc) is 2.33. The predicted molar refractivity (Wildman–Crippen MR) is 72.0 cm³/mol. The first-order valence-corrected chi connectivity index (χ1v) is 6.79. The lowest BCUT2D eigenvalue weighted by molar-refractivity contribution is 0.392. The normalized spacial score (nSPS) is 24.8. The van der Waals surface area contributed by atoms with Gasteiger partial charge in [-0.3, -0.25) is 0 Å². The zero-order chi connectivity index (χ0) is 12.4. The van der Waals surface area contributed by atoms with Crippen LogP contribution in [0.3, 0.4) is 0 Å². The molecule has 1 aromatic heterocycles. The fraction of sp³-hybridized carbons (Fsp3) is 0.667. The molecule has 0 radical (unpaired) electrons. The Morgan fingerprint density at radius 2 is 2.24 bits per heavy atom. The minimum atomic E-state index is 0.525. The topological polar surface area (TPSA) is 38.3 Å². The number of anilines is 1. The summed E-state index contributed by atoms with van der Waals surface area (Å²) in [6, 6.07) is 0. The zero-order valence-electron chi connectivity index (χ0n) is 10.5. The van der Waals surface area contributed by atoms with Gasteiger partial charge in [-0.15, -0.1) is 0 Å². The van der Waals surface area contributed by atoms with Crippen LogP contribution < -0.4 is 9.64 Å². The van der Waals surface area contributed by atoms with Gasteiger partial charge in [-0.25, -0.2) is 9.97 Å². The molecule has 0 aliphatic carbocycles. The van der Waals surface area contributed by atoms with E-state index in [-0.39, 0.29) is 0 Å². The van der Waals surface area contributed by atoms with Crippen molar-refractivity contribution in [3.05, 3.63) is 11.9 Å². The highest BCUT2D eigenvalue weighted by molar-refractivity contribution is 9.09. The molecule has 0 aromatic carbocycles. The molecule has 4 nitrogen and oxygen atoms in total. The van der Waals surface area contributed by atoms with E-state index >= 15 is 0 Å². The number of alkyl halides is 1. The monoisotopic (exact) mass is 299 g/mol. The predicted octanol–water partition coefficient (Wildman–Crippen LogP) is 2.40. The molecule has 17 heavy (non-hydrogen) atoms. The van der Waals surface area contributed by atoms with Crippen LogP contribution in [-0.4, -0.2) is 35.0 Å². The third kappa shape index (κ3) is 2.54. The lowest BCUT2D eigenvalue weighted by atomic mass is 9.99. The summed E-state index contributed by atoms with van der Waals surface area (Å²) in [7, 11) is 1.64. The molecule has 1 aliphatic heterocycles. The summed E-state index contributed by atoms with van der Waals surface area (Å²) in [5.74, 6) is 2.38. The van der Waals surface area contributed by atoms with Gasteiger partial charge in [0.05, 0.1) is 12.7 Å². The molecule has 1 aromatic rings. The summed E-state index contributed by atoms with van der Waals surface area (Å²) >= 11 is 3.74. The van der Waals surface area contributed by atoms with Crippen LogP contribution in [0.1, 0.15) is 18.9 Å². The van der Waals surface area contributed by atoms with Gasteiger partial charge >= 0.3 is 0 Å². The van der Waals surface area contributed by atoms with E-state index in [1.165, 1.54) is 6.42 Å². The minimum Gasteiger partial charge on any atom is -0.481 e. The zero-order valence-corrected chi connectivity index (χ0v) is 12.1. The first-order chi connectivity index (χ1) is 8.13. The SMILES string of the molecule is COc1ncnc(N2CCC(C)C(Br)C2)c1C. The first kappa shape index (κ1) is 12.6. The second-order valence-electron chi connectivity index (χ2n) is 4.56. The number of ether oxygens (including phenoxy) is 1. The van der Waals surface area contributed by atoms with E-state index in [9.17, 15) is 0 Å². The lowest BCUT2D eigenvalue weighted by Gasteiger charge is -2.35. The quantitative estimate of drug-likeness (QED) is 0.786. The second kappa shape index (κ2) is 5.21. The highest BCUT2D eigenvalue weighted by atomic mass is 79.9. The van der Waals surface area contributed by atoms with Crippen molar-refractivity contribution in [1.29, 1.82) is 0 Å². The Morgan fingerprint density at radius 1 is 1.47 bits per heavy atom. The molecule has 94 valence electrons. The Labute approximate surface area is 111 Å². The maximum Gasteiger partial charge on any atom is 0.221 e. The molecule has 2 heterocycles. The van der Waals surface area contributed by atoms with Crippen LogP contribution >= 0.6 is 15.9 Å². The van der Waals surface area contributed by atoms with Crippen molar-refractivity contribution >= 4 is 21.7 Å². The molecule has 0 N–H and O–H groups in total. The largest absolute Gasteiger partial charge is 0.481 e. The number of piperidine rings is 1. The highest BCUT2D eigenvalue weighted by Gasteiger charge is 2.26. The van der Waals surface area contributed by atoms with Gasteiger partial charge < -0.3 is 9.64 Å². The van der Waals surface area contributed by atoms with Crippen molar-refractivity contribution in [1.82, 2.24) is 9.97 Å². The second-order valence-corrected chi connectivity index (χ2v) is 5.74. The van der Waals surface area contributed by atoms with Crippen molar-refractivity contribution in [3.8, 4) is 5.88 Å². The molecular weight excluding hydrogens is 282 g/mol. The molecule has 1 fully saturated rings. The van der Waals surface area contributed by atoms with Gasteiger partial charge in [-0.05, 0) is 19.3 Å². The van der Waals surface area contributed by atoms with Crippen molar-refractivity contribution in [2.24, 2.45) is 5.92 Å². The average molecular weight is 300 g/mol. The third-order valence-electron chi connectivity index (χ3n) is 3.37. The summed E-state index contributed by atoms with van der Waals surface area (Å²) < 4.78 is 5.23. The fourth-order valence-corrected chi connectivity index (χ4v) is 2.78. The van der Waals surface area contributed by atoms with E-state index in [1.807, 2.05) is 6.92 Å². The van der Waals surface area contributed by atoms with E-state index in [1.54, 1.807) is 13.4 Å². The maximum absolute atomic E-state index is 5.23. The molecule has 2 rings (SSSR count). The summed E-state index contributed by atoms with van der Waals surface area (Å²) in [5, 5.41) is 0. The molecule has 1 saturated heterocycles. The van der Waals surface area contributed by atoms with Gasteiger partial charge in [0.15, 0.2) is 0 Å². The van der Waals surface area contributed by atoms with E-state index in [0.717, 1.165) is 30.4 Å². The van der Waals surface area contributed by atoms with Crippen LogP contribution in [0.4, 0.5) is 5.82 Å². The standard InChI is InChI=1S/C12H18BrN3O/c1-8-4-5-16(6-10(8)13)11-9(2)12(17-3)15-7-14-11/h7-8,10H,4-6H2,1-3H3. The molecule has 0 amide bonds. The Balaban J connectivity index is 2.23. The smallest absolute Gasteiger partial charge is 0.221 e. The number of methoxy groups -OCH3 is 1. The fourth-order valence-electron chi connectivity index (χ4n) is 2.16. The van der Waals surface area contributed by atoms with Gasteiger partial charge in [0, 0.05) is 17.9 Å². The number of hydrogen-bond acceptors (Lipinski definition) is 4. The van der Waals surface area contributed by atoms with Gasteiger partial charge in [-0.1, -0.05) is 22.9 Å². The van der Waals surface area contributed by atoms with Crippen LogP contribution in [0.25, 0.3) is 0 Å². The Bertz CT molecular complexity index is 399. The summed E-state index contributed by atoms with van der Waals surface area (Å²) in [6.45, 7) is 6.33. The Morgan fingerprint density at radius 3 is 2.88 bits per heavy atom. The van der Waals surface area contributed by atoms with E-state index < -0.39 is 0 Å². The lowest BCUT2D eigenvalue weighted by Crippen LogP contribution is -2.41. The van der Waals surface area contributed by atoms with E-state index in [0.29, 0.717) is 10.7 Å². The van der Waals surface area contributed by atoms with Crippen LogP contribution in [-0.2, 0) is 0 Å². The van der Waals surface area contributed by atoms with Gasteiger partial charge in [-0.2, -0.15) is 0 Å². The summed E-state index contributed by atoms with van der Waals surface area (Å²) in [6.07, 6.45) is 2.75. The van der Waals surface area contributed by atoms with Crippen LogP contribution in [0.2, 0.25) is 0 Å². The molecule has 2 unspecified atom stereocenters. The molecule has 1 aliphatic rings. The number of halogens is 1. The number of nitrogens with zero attached hydrogens (tertiary/aromatic N) is 3. The first-order valence-electron chi connectivity index (χ1n) is 5.88. The number of aromatic nitrogens is 2. The van der Waals surface area contributed by atoms with Gasteiger partial charge in [0.1, 0.15) is 12.1 Å². The molecule has 5 heteroatoms. The van der Waals surface area contributed by atoms with E-state index in [4.69, 9.17) is 4.74 Å². The van der Waals surface area contributed by atoms with Crippen molar-refractivity contribution in [2.75, 3.05) is 25.1 Å². The number of rotatable bonds is 2. The molecular formula is C12H18BrN3O. The van der Waals surface area contributed by atoms with Crippen molar-refractivity contribution < 1.29 is 4.74 Å². The molecule has 0 spiro atoms. The highest BCUT2D eigenvalue weighted by Crippen LogP contribution is 2.30. The Kier molecular flexibility index (Phi) is 3.86. The van der Waals surface area contributed by atoms with Crippen LogP contribution in [0, 0.1) is 12.8 Å². The molecule has 0 saturated carbocycles. The van der Waals surface area contributed by atoms with Crippen LogP contribution in [0.15, 0.2) is 6.33 Å².